The van der Waals surface area contributed by atoms with Gasteiger partial charge in [0.25, 0.3) is 5.56 Å². The average Bonchev–Trinajstić information content (AvgIpc) is 3.26. The Kier molecular flexibility index (Phi) is 7.24. The first kappa shape index (κ1) is 24.6. The number of aromatic amines is 2. The summed E-state index contributed by atoms with van der Waals surface area (Å²) in [5, 5.41) is 10.7. The van der Waals surface area contributed by atoms with E-state index in [1.54, 1.807) is 17.1 Å². The van der Waals surface area contributed by atoms with Gasteiger partial charge in [-0.2, -0.15) is 4.39 Å². The summed E-state index contributed by atoms with van der Waals surface area (Å²) in [5.74, 6) is -1.08. The lowest BCUT2D eigenvalue weighted by Crippen LogP contribution is -2.34. The summed E-state index contributed by atoms with van der Waals surface area (Å²) in [6.07, 6.45) is -1.42. The van der Waals surface area contributed by atoms with E-state index in [1.165, 1.54) is 6.20 Å². The highest BCUT2D eigenvalue weighted by atomic mass is 127. The number of benzene rings is 1. The number of rotatable bonds is 6. The van der Waals surface area contributed by atoms with Crippen LogP contribution in [0.3, 0.4) is 0 Å². The van der Waals surface area contributed by atoms with Gasteiger partial charge in [-0.1, -0.05) is 0 Å². The normalized spacial score (nSPS) is 22.4. The highest BCUT2D eigenvalue weighted by Gasteiger charge is 2.38. The predicted octanol–water partition coefficient (Wildman–Crippen LogP) is 1.77. The van der Waals surface area contributed by atoms with Gasteiger partial charge in [0, 0.05) is 27.1 Å². The van der Waals surface area contributed by atoms with E-state index in [-0.39, 0.29) is 18.3 Å². The van der Waals surface area contributed by atoms with Crippen molar-refractivity contribution < 1.29 is 32.7 Å². The van der Waals surface area contributed by atoms with Crippen molar-refractivity contribution in [2.24, 2.45) is 0 Å². The van der Waals surface area contributed by atoms with Crippen LogP contribution in [0.25, 0.3) is 10.9 Å². The molecule has 4 atom stereocenters. The Hall–Kier alpha value is -2.07. The summed E-state index contributed by atoms with van der Waals surface area (Å²) >= 11 is 2.09. The van der Waals surface area contributed by atoms with Crippen LogP contribution in [0.2, 0.25) is 0 Å². The van der Waals surface area contributed by atoms with E-state index in [1.807, 2.05) is 6.07 Å². The Bertz CT molecular complexity index is 1290. The molecule has 174 valence electrons. The van der Waals surface area contributed by atoms with Crippen LogP contribution in [-0.2, 0) is 13.8 Å². The van der Waals surface area contributed by atoms with E-state index in [2.05, 4.69) is 27.6 Å². The number of H-pyrrole nitrogens is 2. The first-order valence-electron chi connectivity index (χ1n) is 8.91. The van der Waals surface area contributed by atoms with Gasteiger partial charge in [0.2, 0.25) is 5.82 Å². The molecule has 0 amide bonds. The molecule has 1 aliphatic rings. The number of fused-ring (bicyclic) bond motifs is 1. The van der Waals surface area contributed by atoms with Crippen LogP contribution in [-0.4, -0.2) is 43.3 Å². The molecule has 3 heterocycles. The molecule has 1 saturated heterocycles. The first-order chi connectivity index (χ1) is 14.6. The van der Waals surface area contributed by atoms with Crippen LogP contribution in [0.4, 0.5) is 4.39 Å². The minimum absolute atomic E-state index is 0. The molecule has 0 spiro atoms. The smallest absolute Gasteiger partial charge is 0.402 e. The van der Waals surface area contributed by atoms with Crippen LogP contribution in [0, 0.1) is 9.39 Å². The topological polar surface area (TPSA) is 191 Å². The minimum Gasteiger partial charge on any atom is -0.402 e. The molecule has 0 bridgehead atoms. The van der Waals surface area contributed by atoms with E-state index >= 15 is 0 Å². The van der Waals surface area contributed by atoms with Crippen LogP contribution in [0.5, 0.6) is 5.75 Å². The zero-order valence-electron chi connectivity index (χ0n) is 16.2. The maximum Gasteiger partial charge on any atom is 0.527 e. The quantitative estimate of drug-likeness (QED) is 0.212. The standard InChI is InChI=1S/C17H16FIN3O8P.H3N/c18-10-6-22(17(25)21-16(10)24)15-4-12(23)14(29-15)7-28-31(26,27)30-13-5-20-11-2-1-8(19)3-9(11)13;/h1-3,5-6,12,14-15,20,23H,4,7H2,(H,26,27)(H,21,24,25);1H3. The fraction of sp³-hybridized carbons (Fsp3) is 0.294. The fourth-order valence-corrected chi connectivity index (χ4v) is 4.45. The second-order valence-electron chi connectivity index (χ2n) is 6.77. The van der Waals surface area contributed by atoms with Gasteiger partial charge in [-0.15, -0.1) is 0 Å². The third-order valence-corrected chi connectivity index (χ3v) is 6.23. The lowest BCUT2D eigenvalue weighted by molar-refractivity contribution is -0.0449. The number of aliphatic hydroxyl groups is 1. The molecule has 32 heavy (non-hydrogen) atoms. The Morgan fingerprint density at radius 3 is 2.88 bits per heavy atom. The maximum atomic E-state index is 13.5. The van der Waals surface area contributed by atoms with Crippen LogP contribution in [0.1, 0.15) is 12.6 Å². The van der Waals surface area contributed by atoms with Crippen LogP contribution in [0.15, 0.2) is 40.2 Å². The number of hydrogen-bond donors (Lipinski definition) is 5. The SMILES string of the molecule is N.O=c1[nH]c(=O)n(C2CC(O)C(COP(=O)(O)Oc3c[nH]c4ccc(I)cc34)O2)cc1F. The van der Waals surface area contributed by atoms with Crippen molar-refractivity contribution in [2.75, 3.05) is 6.61 Å². The first-order valence-corrected chi connectivity index (χ1v) is 11.5. The molecular formula is C17H19FIN4O8P. The summed E-state index contributed by atoms with van der Waals surface area (Å²) < 4.78 is 43.1. The largest absolute Gasteiger partial charge is 0.527 e. The number of nitrogens with zero attached hydrogens (tertiary/aromatic N) is 1. The summed E-state index contributed by atoms with van der Waals surface area (Å²) in [4.78, 5) is 37.8. The molecule has 1 fully saturated rings. The predicted molar refractivity (Wildman–Crippen MR) is 118 cm³/mol. The second-order valence-corrected chi connectivity index (χ2v) is 9.40. The Morgan fingerprint density at radius 2 is 2.12 bits per heavy atom. The van der Waals surface area contributed by atoms with Crippen LogP contribution >= 0.6 is 30.4 Å². The number of hydrogen-bond acceptors (Lipinski definition) is 8. The lowest BCUT2D eigenvalue weighted by Gasteiger charge is -2.18. The van der Waals surface area contributed by atoms with Gasteiger partial charge < -0.3 is 25.5 Å². The molecule has 1 aromatic carbocycles. The van der Waals surface area contributed by atoms with E-state index < -0.39 is 49.9 Å². The van der Waals surface area contributed by atoms with E-state index in [0.717, 1.165) is 8.14 Å². The third-order valence-electron chi connectivity index (χ3n) is 4.66. The number of ether oxygens (including phenoxy) is 1. The van der Waals surface area contributed by atoms with Crippen LogP contribution < -0.4 is 21.9 Å². The Labute approximate surface area is 192 Å². The van der Waals surface area contributed by atoms with Gasteiger partial charge in [-0.25, -0.2) is 9.36 Å². The number of phosphoric acid groups is 1. The van der Waals surface area contributed by atoms with Crippen molar-refractivity contribution in [2.45, 2.75) is 24.9 Å². The zero-order chi connectivity index (χ0) is 22.3. The number of phosphoric ester groups is 1. The van der Waals surface area contributed by atoms with Gasteiger partial charge in [0.15, 0.2) is 5.75 Å². The molecule has 2 aromatic heterocycles. The molecule has 4 rings (SSSR count). The average molecular weight is 584 g/mol. The molecule has 1 aliphatic heterocycles. The molecule has 3 aromatic rings. The summed E-state index contributed by atoms with van der Waals surface area (Å²) in [6.45, 7) is -0.536. The summed E-state index contributed by atoms with van der Waals surface area (Å²) in [7, 11) is -4.58. The molecule has 0 radical (unpaired) electrons. The van der Waals surface area contributed by atoms with Gasteiger partial charge in [0.05, 0.1) is 18.9 Å². The zero-order valence-corrected chi connectivity index (χ0v) is 19.3. The Balaban J connectivity index is 0.00000289. The van der Waals surface area contributed by atoms with Crippen molar-refractivity contribution in [1.82, 2.24) is 20.7 Å². The molecule has 0 aliphatic carbocycles. The summed E-state index contributed by atoms with van der Waals surface area (Å²) in [5.41, 5.74) is -1.40. The fourth-order valence-electron chi connectivity index (χ4n) is 3.17. The minimum atomic E-state index is -4.58. The van der Waals surface area contributed by atoms with E-state index in [4.69, 9.17) is 13.8 Å². The number of nitrogens with one attached hydrogen (secondary N) is 2. The third kappa shape index (κ3) is 5.11. The summed E-state index contributed by atoms with van der Waals surface area (Å²) in [6, 6.07) is 5.40. The maximum absolute atomic E-state index is 13.5. The lowest BCUT2D eigenvalue weighted by atomic mass is 10.2. The van der Waals surface area contributed by atoms with E-state index in [0.29, 0.717) is 17.1 Å². The van der Waals surface area contributed by atoms with Crippen molar-refractivity contribution in [1.29, 1.82) is 0 Å². The highest BCUT2D eigenvalue weighted by Crippen LogP contribution is 2.46. The number of halogens is 2. The van der Waals surface area contributed by atoms with Crippen molar-refractivity contribution in [3.05, 3.63) is 60.8 Å². The molecule has 15 heteroatoms. The highest BCUT2D eigenvalue weighted by molar-refractivity contribution is 14.1. The van der Waals surface area contributed by atoms with Crippen molar-refractivity contribution in [3.8, 4) is 5.75 Å². The number of aromatic nitrogens is 3. The van der Waals surface area contributed by atoms with Gasteiger partial charge >= 0.3 is 13.5 Å². The molecule has 7 N–H and O–H groups in total. The van der Waals surface area contributed by atoms with E-state index in [9.17, 15) is 28.5 Å². The van der Waals surface area contributed by atoms with Gasteiger partial charge in [-0.05, 0) is 40.8 Å². The monoisotopic (exact) mass is 584 g/mol. The van der Waals surface area contributed by atoms with Gasteiger partial charge in [0.1, 0.15) is 12.3 Å². The van der Waals surface area contributed by atoms with Gasteiger partial charge in [-0.3, -0.25) is 23.8 Å². The Morgan fingerprint density at radius 1 is 1.38 bits per heavy atom. The molecule has 0 saturated carbocycles. The van der Waals surface area contributed by atoms with Crippen molar-refractivity contribution >= 4 is 41.3 Å². The molecule has 12 nitrogen and oxygen atoms in total. The molecule has 4 unspecified atom stereocenters. The molecular weight excluding hydrogens is 565 g/mol. The number of aliphatic hydroxyl groups excluding tert-OH is 1. The van der Waals surface area contributed by atoms with Crippen molar-refractivity contribution in [3.63, 3.8) is 0 Å². The second kappa shape index (κ2) is 9.43.